The number of hydrogen-bond donors (Lipinski definition) is 1. The summed E-state index contributed by atoms with van der Waals surface area (Å²) in [4.78, 5) is 17.3. The molecule has 1 aromatic heterocycles. The molecule has 0 spiro atoms. The number of ether oxygens (including phenoxy) is 1. The molecule has 2 heterocycles. The van der Waals surface area contributed by atoms with Crippen LogP contribution >= 0.6 is 0 Å². The lowest BCUT2D eigenvalue weighted by molar-refractivity contribution is 0.269. The number of nitrogens with one attached hydrogen (secondary N) is 1. The Bertz CT molecular complexity index is 369. The van der Waals surface area contributed by atoms with Gasteiger partial charge in [0.1, 0.15) is 0 Å². The van der Waals surface area contributed by atoms with Crippen molar-refractivity contribution in [2.24, 2.45) is 0 Å². The van der Waals surface area contributed by atoms with Gasteiger partial charge >= 0.3 is 6.01 Å². The summed E-state index contributed by atoms with van der Waals surface area (Å²) >= 11 is 0. The van der Waals surface area contributed by atoms with Crippen molar-refractivity contribution in [3.63, 3.8) is 0 Å². The number of aromatic nitrogens is 3. The van der Waals surface area contributed by atoms with E-state index < -0.39 is 0 Å². The van der Waals surface area contributed by atoms with Crippen LogP contribution in [0.1, 0.15) is 6.92 Å². The molecule has 0 radical (unpaired) electrons. The van der Waals surface area contributed by atoms with Gasteiger partial charge in [0.05, 0.1) is 7.11 Å². The summed E-state index contributed by atoms with van der Waals surface area (Å²) in [6.45, 7) is 7.23. The van der Waals surface area contributed by atoms with Crippen molar-refractivity contribution in [1.82, 2.24) is 19.9 Å². The Morgan fingerprint density at radius 3 is 2.44 bits per heavy atom. The van der Waals surface area contributed by atoms with E-state index in [1.165, 1.54) is 0 Å². The van der Waals surface area contributed by atoms with Crippen LogP contribution in [0.15, 0.2) is 0 Å². The number of rotatable bonds is 4. The predicted molar refractivity (Wildman–Crippen MR) is 70.3 cm³/mol. The third-order valence-electron chi connectivity index (χ3n) is 3.11. The van der Waals surface area contributed by atoms with Gasteiger partial charge in [-0.3, -0.25) is 0 Å². The maximum Gasteiger partial charge on any atom is 0.322 e. The van der Waals surface area contributed by atoms with Gasteiger partial charge in [0.25, 0.3) is 0 Å². The normalized spacial score (nSPS) is 16.7. The smallest absolute Gasteiger partial charge is 0.322 e. The molecule has 0 bridgehead atoms. The second kappa shape index (κ2) is 5.81. The second-order valence-electron chi connectivity index (χ2n) is 4.12. The van der Waals surface area contributed by atoms with E-state index in [-0.39, 0.29) is 0 Å². The molecule has 1 saturated heterocycles. The lowest BCUT2D eigenvalue weighted by Crippen LogP contribution is -2.46. The van der Waals surface area contributed by atoms with E-state index in [2.05, 4.69) is 37.0 Å². The van der Waals surface area contributed by atoms with Crippen LogP contribution in [0.3, 0.4) is 0 Å². The first-order valence-electron chi connectivity index (χ1n) is 6.22. The molecule has 2 rings (SSSR count). The van der Waals surface area contributed by atoms with E-state index in [9.17, 15) is 0 Å². The number of piperazine rings is 1. The molecule has 0 aliphatic carbocycles. The summed E-state index contributed by atoms with van der Waals surface area (Å²) in [6.07, 6.45) is 0. The Kier molecular flexibility index (Phi) is 4.14. The molecule has 1 aromatic rings. The Labute approximate surface area is 107 Å². The summed E-state index contributed by atoms with van der Waals surface area (Å²) in [5.74, 6) is 1.22. The third kappa shape index (κ3) is 2.79. The summed E-state index contributed by atoms with van der Waals surface area (Å²) in [7, 11) is 3.35. The molecule has 0 unspecified atom stereocenters. The van der Waals surface area contributed by atoms with E-state index in [1.807, 2.05) is 0 Å². The molecule has 1 N–H and O–H groups in total. The van der Waals surface area contributed by atoms with Crippen LogP contribution in [-0.2, 0) is 0 Å². The lowest BCUT2D eigenvalue weighted by atomic mass is 10.3. The minimum absolute atomic E-state index is 0.349. The SMILES string of the molecule is CCN1CCN(c2nc(NC)nc(OC)n2)CC1. The van der Waals surface area contributed by atoms with Crippen LogP contribution in [0.4, 0.5) is 11.9 Å². The fourth-order valence-corrected chi connectivity index (χ4v) is 1.95. The van der Waals surface area contributed by atoms with Gasteiger partial charge in [-0.1, -0.05) is 6.92 Å². The fourth-order valence-electron chi connectivity index (χ4n) is 1.95. The van der Waals surface area contributed by atoms with Gasteiger partial charge in [-0.2, -0.15) is 15.0 Å². The summed E-state index contributed by atoms with van der Waals surface area (Å²) in [5, 5.41) is 2.92. The van der Waals surface area contributed by atoms with Gasteiger partial charge in [0.15, 0.2) is 0 Å². The van der Waals surface area contributed by atoms with Crippen LogP contribution in [0.5, 0.6) is 6.01 Å². The molecular formula is C11H20N6O. The Balaban J connectivity index is 2.13. The van der Waals surface area contributed by atoms with Crippen molar-refractivity contribution >= 4 is 11.9 Å². The van der Waals surface area contributed by atoms with E-state index in [0.717, 1.165) is 32.7 Å². The first-order chi connectivity index (χ1) is 8.76. The van der Waals surface area contributed by atoms with Gasteiger partial charge in [0.2, 0.25) is 11.9 Å². The monoisotopic (exact) mass is 252 g/mol. The average molecular weight is 252 g/mol. The summed E-state index contributed by atoms with van der Waals surface area (Å²) in [6, 6.07) is 0.349. The highest BCUT2D eigenvalue weighted by Crippen LogP contribution is 2.16. The zero-order valence-corrected chi connectivity index (χ0v) is 11.2. The third-order valence-corrected chi connectivity index (χ3v) is 3.11. The topological polar surface area (TPSA) is 66.4 Å². The van der Waals surface area contributed by atoms with Gasteiger partial charge in [0, 0.05) is 33.2 Å². The highest BCUT2D eigenvalue weighted by atomic mass is 16.5. The van der Waals surface area contributed by atoms with Gasteiger partial charge in [-0.05, 0) is 6.54 Å². The number of hydrogen-bond acceptors (Lipinski definition) is 7. The molecule has 100 valence electrons. The zero-order chi connectivity index (χ0) is 13.0. The van der Waals surface area contributed by atoms with Crippen LogP contribution in [0, 0.1) is 0 Å². The minimum atomic E-state index is 0.349. The highest BCUT2D eigenvalue weighted by Gasteiger charge is 2.19. The van der Waals surface area contributed by atoms with Crippen molar-refractivity contribution in [3.8, 4) is 6.01 Å². The van der Waals surface area contributed by atoms with Crippen molar-refractivity contribution in [2.75, 3.05) is 57.1 Å². The molecule has 7 heteroatoms. The quantitative estimate of drug-likeness (QED) is 0.813. The number of likely N-dealkylation sites (N-methyl/N-ethyl adjacent to an activating group) is 1. The summed E-state index contributed by atoms with van der Waals surface area (Å²) in [5.41, 5.74) is 0. The van der Waals surface area contributed by atoms with Crippen molar-refractivity contribution in [2.45, 2.75) is 6.92 Å². The van der Waals surface area contributed by atoms with Crippen LogP contribution < -0.4 is 15.0 Å². The van der Waals surface area contributed by atoms with E-state index >= 15 is 0 Å². The Morgan fingerprint density at radius 2 is 1.89 bits per heavy atom. The molecule has 0 saturated carbocycles. The Hall–Kier alpha value is -1.63. The minimum Gasteiger partial charge on any atom is -0.467 e. The van der Waals surface area contributed by atoms with Gasteiger partial charge in [-0.25, -0.2) is 0 Å². The van der Waals surface area contributed by atoms with E-state index in [0.29, 0.717) is 17.9 Å². The molecule has 1 fully saturated rings. The van der Waals surface area contributed by atoms with Crippen molar-refractivity contribution in [1.29, 1.82) is 0 Å². The molecular weight excluding hydrogens is 232 g/mol. The molecule has 1 aliphatic rings. The standard InChI is InChI=1S/C11H20N6O/c1-4-16-5-7-17(8-6-16)10-13-9(12-2)14-11(15-10)18-3/h4-8H2,1-3H3,(H,12,13,14,15). The molecule has 7 nitrogen and oxygen atoms in total. The van der Waals surface area contributed by atoms with E-state index in [4.69, 9.17) is 4.74 Å². The first-order valence-corrected chi connectivity index (χ1v) is 6.22. The van der Waals surface area contributed by atoms with Crippen molar-refractivity contribution in [3.05, 3.63) is 0 Å². The average Bonchev–Trinajstić information content (AvgIpc) is 2.46. The van der Waals surface area contributed by atoms with Crippen molar-refractivity contribution < 1.29 is 4.74 Å². The number of nitrogens with zero attached hydrogens (tertiary/aromatic N) is 5. The van der Waals surface area contributed by atoms with Crippen LogP contribution in [0.25, 0.3) is 0 Å². The molecule has 0 aromatic carbocycles. The molecule has 1 aliphatic heterocycles. The lowest BCUT2D eigenvalue weighted by Gasteiger charge is -2.34. The van der Waals surface area contributed by atoms with Crippen LogP contribution in [0.2, 0.25) is 0 Å². The van der Waals surface area contributed by atoms with E-state index in [1.54, 1.807) is 14.2 Å². The van der Waals surface area contributed by atoms with Gasteiger partial charge in [-0.15, -0.1) is 0 Å². The maximum atomic E-state index is 5.09. The predicted octanol–water partition coefficient (Wildman–Crippen LogP) is 0.0638. The maximum absolute atomic E-state index is 5.09. The van der Waals surface area contributed by atoms with Gasteiger partial charge < -0.3 is 19.9 Å². The first kappa shape index (κ1) is 12.8. The highest BCUT2D eigenvalue weighted by molar-refractivity contribution is 5.38. The Morgan fingerprint density at radius 1 is 1.17 bits per heavy atom. The summed E-state index contributed by atoms with van der Waals surface area (Å²) < 4.78 is 5.09. The largest absolute Gasteiger partial charge is 0.467 e. The van der Waals surface area contributed by atoms with Crippen LogP contribution in [-0.4, -0.2) is 66.7 Å². The molecule has 0 amide bonds. The number of methoxy groups -OCH3 is 1. The zero-order valence-electron chi connectivity index (χ0n) is 11.2. The molecule has 18 heavy (non-hydrogen) atoms. The fraction of sp³-hybridized carbons (Fsp3) is 0.727. The second-order valence-corrected chi connectivity index (χ2v) is 4.12. The number of anilines is 2. The molecule has 0 atom stereocenters.